The number of non-ortho nitro benzene ring substituents is 1. The van der Waals surface area contributed by atoms with Crippen molar-refractivity contribution in [1.82, 2.24) is 0 Å². The Hall–Kier alpha value is -2.45. The molecule has 7 nitrogen and oxygen atoms in total. The molecule has 132 valence electrons. The largest absolute Gasteiger partial charge is 0.496 e. The Kier molecular flexibility index (Phi) is 6.49. The molecule has 1 atom stereocenters. The van der Waals surface area contributed by atoms with Gasteiger partial charge >= 0.3 is 0 Å². The molecule has 2 aromatic carbocycles. The number of nitro benzene ring substituents is 1. The lowest BCUT2D eigenvalue weighted by atomic mass is 10.1. The normalized spacial score (nSPS) is 11.6. The zero-order valence-electron chi connectivity index (χ0n) is 13.9. The maximum absolute atomic E-state index is 12.1. The molecule has 0 radical (unpaired) electrons. The van der Waals surface area contributed by atoms with Crippen molar-refractivity contribution < 1.29 is 19.8 Å². The molecule has 0 fully saturated rings. The van der Waals surface area contributed by atoms with E-state index < -0.39 is 4.92 Å². The van der Waals surface area contributed by atoms with Crippen LogP contribution in [0.25, 0.3) is 0 Å². The van der Waals surface area contributed by atoms with Crippen LogP contribution in [0.3, 0.4) is 0 Å². The summed E-state index contributed by atoms with van der Waals surface area (Å²) in [5, 5.41) is 15.3. The fourth-order valence-electron chi connectivity index (χ4n) is 2.30. The zero-order chi connectivity index (χ0) is 18.4. The maximum atomic E-state index is 12.1. The average molecular weight is 409 g/mol. The minimum absolute atomic E-state index is 0.0572. The van der Waals surface area contributed by atoms with E-state index in [1.54, 1.807) is 13.2 Å². The minimum atomic E-state index is -0.495. The van der Waals surface area contributed by atoms with E-state index in [2.05, 4.69) is 21.2 Å². The standard InChI is InChI=1S/C17H18BrN3O4/c1-11(12-6-7-16(25-2)15(18)8-12)19-10-17(22)20-13-4-3-5-14(9-13)21(23)24/h3-9,11,19H,10H2,1-2H3,(H,20,22)/p+1/t11-/m1/s1. The van der Waals surface area contributed by atoms with Crippen LogP contribution < -0.4 is 15.4 Å². The number of hydrogen-bond donors (Lipinski definition) is 2. The van der Waals surface area contributed by atoms with Crippen LogP contribution in [0.15, 0.2) is 46.9 Å². The number of halogens is 1. The number of hydrogen-bond acceptors (Lipinski definition) is 4. The van der Waals surface area contributed by atoms with Gasteiger partial charge in [-0.2, -0.15) is 0 Å². The number of methoxy groups -OCH3 is 1. The second-order valence-electron chi connectivity index (χ2n) is 5.48. The van der Waals surface area contributed by atoms with Crippen molar-refractivity contribution in [3.63, 3.8) is 0 Å². The van der Waals surface area contributed by atoms with Crippen LogP contribution in [0.2, 0.25) is 0 Å². The fraction of sp³-hybridized carbons (Fsp3) is 0.235. The molecule has 8 heteroatoms. The molecular formula is C17H19BrN3O4+. The minimum Gasteiger partial charge on any atom is -0.496 e. The Bertz CT molecular complexity index is 782. The molecule has 0 aromatic heterocycles. The molecule has 0 saturated carbocycles. The number of amides is 1. The highest BCUT2D eigenvalue weighted by Gasteiger charge is 2.14. The Morgan fingerprint density at radius 1 is 1.36 bits per heavy atom. The predicted molar refractivity (Wildman–Crippen MR) is 97.6 cm³/mol. The molecule has 25 heavy (non-hydrogen) atoms. The third kappa shape index (κ3) is 5.27. The third-order valence-corrected chi connectivity index (χ3v) is 4.32. The summed E-state index contributed by atoms with van der Waals surface area (Å²) in [6, 6.07) is 11.7. The lowest BCUT2D eigenvalue weighted by Crippen LogP contribution is -2.86. The van der Waals surface area contributed by atoms with E-state index in [4.69, 9.17) is 4.74 Å². The van der Waals surface area contributed by atoms with Crippen LogP contribution in [0.5, 0.6) is 5.75 Å². The van der Waals surface area contributed by atoms with Gasteiger partial charge in [0.1, 0.15) is 11.8 Å². The Morgan fingerprint density at radius 3 is 2.76 bits per heavy atom. The Labute approximate surface area is 153 Å². The maximum Gasteiger partial charge on any atom is 0.279 e. The van der Waals surface area contributed by atoms with Gasteiger partial charge in [0.2, 0.25) is 0 Å². The number of nitro groups is 1. The summed E-state index contributed by atoms with van der Waals surface area (Å²) in [6.45, 7) is 2.20. The number of carbonyl (C=O) groups excluding carboxylic acids is 1. The van der Waals surface area contributed by atoms with Gasteiger partial charge in [-0.3, -0.25) is 14.9 Å². The van der Waals surface area contributed by atoms with Crippen LogP contribution in [-0.4, -0.2) is 24.5 Å². The van der Waals surface area contributed by atoms with Gasteiger partial charge in [0.25, 0.3) is 11.6 Å². The van der Waals surface area contributed by atoms with Crippen LogP contribution in [-0.2, 0) is 4.79 Å². The number of benzene rings is 2. The van der Waals surface area contributed by atoms with Gasteiger partial charge < -0.3 is 15.4 Å². The molecule has 0 heterocycles. The summed E-state index contributed by atoms with van der Waals surface area (Å²) in [5.41, 5.74) is 1.40. The summed E-state index contributed by atoms with van der Waals surface area (Å²) in [6.07, 6.45) is 0. The number of ether oxygens (including phenoxy) is 1. The molecule has 0 aliphatic heterocycles. The summed E-state index contributed by atoms with van der Waals surface area (Å²) < 4.78 is 6.06. The van der Waals surface area contributed by atoms with Gasteiger partial charge in [-0.05, 0) is 47.1 Å². The second kappa shape index (κ2) is 8.59. The molecule has 0 spiro atoms. The fourth-order valence-corrected chi connectivity index (χ4v) is 2.85. The smallest absolute Gasteiger partial charge is 0.279 e. The van der Waals surface area contributed by atoms with Crippen molar-refractivity contribution in [3.05, 3.63) is 62.6 Å². The van der Waals surface area contributed by atoms with Gasteiger partial charge in [0.15, 0.2) is 6.54 Å². The Balaban J connectivity index is 1.92. The number of rotatable bonds is 7. The molecule has 0 unspecified atom stereocenters. The molecule has 0 bridgehead atoms. The third-order valence-electron chi connectivity index (χ3n) is 3.70. The summed E-state index contributed by atoms with van der Waals surface area (Å²) in [5.74, 6) is 0.527. The first kappa shape index (κ1) is 18.9. The van der Waals surface area contributed by atoms with Crippen molar-refractivity contribution in [1.29, 1.82) is 0 Å². The molecule has 0 aliphatic rings. The molecule has 0 aliphatic carbocycles. The van der Waals surface area contributed by atoms with E-state index in [0.717, 1.165) is 15.8 Å². The van der Waals surface area contributed by atoms with Crippen molar-refractivity contribution in [2.24, 2.45) is 0 Å². The number of nitrogens with one attached hydrogen (secondary N) is 1. The summed E-state index contributed by atoms with van der Waals surface area (Å²) in [4.78, 5) is 22.3. The number of nitrogens with zero attached hydrogens (tertiary/aromatic N) is 1. The molecule has 2 aromatic rings. The highest BCUT2D eigenvalue weighted by Crippen LogP contribution is 2.27. The van der Waals surface area contributed by atoms with Gasteiger partial charge in [0, 0.05) is 23.4 Å². The van der Waals surface area contributed by atoms with Crippen LogP contribution in [0.1, 0.15) is 18.5 Å². The van der Waals surface area contributed by atoms with Crippen LogP contribution in [0, 0.1) is 10.1 Å². The highest BCUT2D eigenvalue weighted by molar-refractivity contribution is 9.10. The first-order chi connectivity index (χ1) is 11.9. The monoisotopic (exact) mass is 408 g/mol. The predicted octanol–water partition coefficient (Wildman–Crippen LogP) is 2.63. The van der Waals surface area contributed by atoms with Crippen molar-refractivity contribution in [3.8, 4) is 5.75 Å². The lowest BCUT2D eigenvalue weighted by Gasteiger charge is -2.13. The SMILES string of the molecule is COc1ccc([C@@H](C)[NH2+]CC(=O)Nc2cccc([N+](=O)[O-])c2)cc1Br. The molecule has 3 N–H and O–H groups in total. The van der Waals surface area contributed by atoms with E-state index in [1.165, 1.54) is 18.2 Å². The first-order valence-corrected chi connectivity index (χ1v) is 8.41. The molecule has 2 rings (SSSR count). The van der Waals surface area contributed by atoms with Gasteiger partial charge in [-0.1, -0.05) is 6.07 Å². The average Bonchev–Trinajstić information content (AvgIpc) is 2.59. The van der Waals surface area contributed by atoms with E-state index in [1.807, 2.05) is 30.4 Å². The number of anilines is 1. The quantitative estimate of drug-likeness (QED) is 0.543. The van der Waals surface area contributed by atoms with Crippen LogP contribution in [0.4, 0.5) is 11.4 Å². The number of carbonyl (C=O) groups is 1. The van der Waals surface area contributed by atoms with E-state index in [-0.39, 0.29) is 24.2 Å². The highest BCUT2D eigenvalue weighted by atomic mass is 79.9. The van der Waals surface area contributed by atoms with Gasteiger partial charge in [-0.25, -0.2) is 0 Å². The first-order valence-electron chi connectivity index (χ1n) is 7.61. The van der Waals surface area contributed by atoms with Crippen LogP contribution >= 0.6 is 15.9 Å². The lowest BCUT2D eigenvalue weighted by molar-refractivity contribution is -0.682. The van der Waals surface area contributed by atoms with E-state index >= 15 is 0 Å². The summed E-state index contributed by atoms with van der Waals surface area (Å²) >= 11 is 3.45. The Morgan fingerprint density at radius 2 is 2.12 bits per heavy atom. The molecular weight excluding hydrogens is 390 g/mol. The summed E-state index contributed by atoms with van der Waals surface area (Å²) in [7, 11) is 1.60. The molecule has 1 amide bonds. The number of quaternary nitrogens is 1. The van der Waals surface area contributed by atoms with E-state index in [9.17, 15) is 14.9 Å². The topological polar surface area (TPSA) is 98.1 Å². The van der Waals surface area contributed by atoms with Gasteiger partial charge in [-0.15, -0.1) is 0 Å². The van der Waals surface area contributed by atoms with E-state index in [0.29, 0.717) is 5.69 Å². The van der Waals surface area contributed by atoms with Crippen molar-refractivity contribution in [2.45, 2.75) is 13.0 Å². The number of nitrogens with two attached hydrogens (primary N) is 1. The van der Waals surface area contributed by atoms with Gasteiger partial charge in [0.05, 0.1) is 16.5 Å². The molecule has 0 saturated heterocycles. The van der Waals surface area contributed by atoms with Crippen molar-refractivity contribution >= 4 is 33.2 Å². The second-order valence-corrected chi connectivity index (χ2v) is 6.33. The van der Waals surface area contributed by atoms with Crippen molar-refractivity contribution in [2.75, 3.05) is 19.0 Å². The zero-order valence-corrected chi connectivity index (χ0v) is 15.4.